The topological polar surface area (TPSA) is 63.4 Å². The Balaban J connectivity index is 2.32. The maximum absolute atomic E-state index is 12.9. The lowest BCUT2D eigenvalue weighted by molar-refractivity contribution is 0.424. The van der Waals surface area contributed by atoms with Crippen LogP contribution in [0.5, 0.6) is 0 Å². The molecule has 21 heavy (non-hydrogen) atoms. The molecule has 2 aromatic rings. The predicted molar refractivity (Wildman–Crippen MR) is 80.5 cm³/mol. The van der Waals surface area contributed by atoms with Crippen LogP contribution >= 0.6 is 0 Å². The number of benzene rings is 2. The van der Waals surface area contributed by atoms with E-state index in [4.69, 9.17) is 5.73 Å². The Morgan fingerprint density at radius 3 is 2.29 bits per heavy atom. The molecule has 0 unspecified atom stereocenters. The van der Waals surface area contributed by atoms with Gasteiger partial charge in [-0.2, -0.15) is 4.31 Å². The van der Waals surface area contributed by atoms with Crippen molar-refractivity contribution in [1.82, 2.24) is 4.31 Å². The van der Waals surface area contributed by atoms with Crippen molar-refractivity contribution in [2.75, 3.05) is 12.3 Å². The van der Waals surface area contributed by atoms with Crippen molar-refractivity contribution >= 4 is 15.7 Å². The number of nitrogen functional groups attached to an aromatic ring is 1. The Morgan fingerprint density at radius 1 is 1.10 bits per heavy atom. The molecule has 0 aliphatic rings. The minimum Gasteiger partial charge on any atom is -0.398 e. The highest BCUT2D eigenvalue weighted by Crippen LogP contribution is 2.20. The van der Waals surface area contributed by atoms with E-state index < -0.39 is 15.8 Å². The van der Waals surface area contributed by atoms with E-state index in [1.165, 1.54) is 16.4 Å². The molecule has 0 aliphatic carbocycles. The van der Waals surface area contributed by atoms with Crippen LogP contribution in [0.15, 0.2) is 53.4 Å². The molecule has 0 atom stereocenters. The van der Waals surface area contributed by atoms with Gasteiger partial charge in [0.1, 0.15) is 5.82 Å². The van der Waals surface area contributed by atoms with Crippen molar-refractivity contribution in [3.05, 3.63) is 59.9 Å². The Kier molecular flexibility index (Phi) is 4.59. The smallest absolute Gasteiger partial charge is 0.243 e. The molecular weight excluding hydrogens is 291 g/mol. The first kappa shape index (κ1) is 15.5. The van der Waals surface area contributed by atoms with E-state index in [9.17, 15) is 12.8 Å². The molecule has 2 rings (SSSR count). The molecule has 0 bridgehead atoms. The molecule has 0 saturated heterocycles. The highest BCUT2D eigenvalue weighted by atomic mass is 32.2. The third-order valence-corrected chi connectivity index (χ3v) is 5.14. The number of para-hydroxylation sites is 1. The second kappa shape index (κ2) is 6.24. The number of anilines is 1. The minimum atomic E-state index is -3.67. The second-order valence-electron chi connectivity index (χ2n) is 4.58. The van der Waals surface area contributed by atoms with Crippen molar-refractivity contribution < 1.29 is 12.8 Å². The average Bonchev–Trinajstić information content (AvgIpc) is 2.46. The summed E-state index contributed by atoms with van der Waals surface area (Å²) in [5, 5.41) is 0. The van der Waals surface area contributed by atoms with Crippen LogP contribution in [0.25, 0.3) is 0 Å². The van der Waals surface area contributed by atoms with Gasteiger partial charge in [0.05, 0.1) is 4.90 Å². The summed E-state index contributed by atoms with van der Waals surface area (Å²) in [5.74, 6) is -0.468. The van der Waals surface area contributed by atoms with Crippen molar-refractivity contribution in [2.24, 2.45) is 0 Å². The lowest BCUT2D eigenvalue weighted by Crippen LogP contribution is -2.30. The van der Waals surface area contributed by atoms with Crippen LogP contribution < -0.4 is 5.73 Å². The number of hydrogen-bond acceptors (Lipinski definition) is 3. The standard InChI is InChI=1S/C15H17FN2O2S/c1-2-18(11-12-5-3-4-6-15(12)17)21(19,20)14-9-7-13(16)8-10-14/h3-10H,2,11,17H2,1H3. The summed E-state index contributed by atoms with van der Waals surface area (Å²) in [5.41, 5.74) is 7.14. The molecule has 0 heterocycles. The van der Waals surface area contributed by atoms with Gasteiger partial charge >= 0.3 is 0 Å². The maximum atomic E-state index is 12.9. The first-order chi connectivity index (χ1) is 9.95. The molecule has 6 heteroatoms. The first-order valence-electron chi connectivity index (χ1n) is 6.54. The van der Waals surface area contributed by atoms with Crippen LogP contribution in [-0.4, -0.2) is 19.3 Å². The fraction of sp³-hybridized carbons (Fsp3) is 0.200. The van der Waals surface area contributed by atoms with Gasteiger partial charge < -0.3 is 5.73 Å². The highest BCUT2D eigenvalue weighted by molar-refractivity contribution is 7.89. The van der Waals surface area contributed by atoms with Crippen LogP contribution in [0.2, 0.25) is 0 Å². The summed E-state index contributed by atoms with van der Waals surface area (Å²) in [4.78, 5) is 0.0697. The quantitative estimate of drug-likeness (QED) is 0.864. The SMILES string of the molecule is CCN(Cc1ccccc1N)S(=O)(=O)c1ccc(F)cc1. The van der Waals surface area contributed by atoms with Crippen molar-refractivity contribution in [2.45, 2.75) is 18.4 Å². The lowest BCUT2D eigenvalue weighted by Gasteiger charge is -2.21. The molecule has 0 saturated carbocycles. The number of halogens is 1. The van der Waals surface area contributed by atoms with Crippen molar-refractivity contribution in [1.29, 1.82) is 0 Å². The van der Waals surface area contributed by atoms with Crippen LogP contribution in [0.1, 0.15) is 12.5 Å². The molecule has 0 fully saturated rings. The maximum Gasteiger partial charge on any atom is 0.243 e. The van der Waals surface area contributed by atoms with Crippen LogP contribution in [-0.2, 0) is 16.6 Å². The largest absolute Gasteiger partial charge is 0.398 e. The molecule has 2 aromatic carbocycles. The van der Waals surface area contributed by atoms with Crippen LogP contribution in [0, 0.1) is 5.82 Å². The summed E-state index contributed by atoms with van der Waals surface area (Å²) >= 11 is 0. The van der Waals surface area contributed by atoms with Gasteiger partial charge in [-0.1, -0.05) is 25.1 Å². The van der Waals surface area contributed by atoms with E-state index in [1.54, 1.807) is 25.1 Å². The summed E-state index contributed by atoms with van der Waals surface area (Å²) in [6.07, 6.45) is 0. The number of hydrogen-bond donors (Lipinski definition) is 1. The summed E-state index contributed by atoms with van der Waals surface area (Å²) < 4.78 is 39.4. The van der Waals surface area contributed by atoms with Gasteiger partial charge in [-0.05, 0) is 35.9 Å². The number of sulfonamides is 1. The molecule has 0 aromatic heterocycles. The fourth-order valence-electron chi connectivity index (χ4n) is 1.99. The zero-order chi connectivity index (χ0) is 15.5. The third kappa shape index (κ3) is 3.40. The highest BCUT2D eigenvalue weighted by Gasteiger charge is 2.23. The molecule has 0 spiro atoms. The first-order valence-corrected chi connectivity index (χ1v) is 7.98. The zero-order valence-corrected chi connectivity index (χ0v) is 12.5. The van der Waals surface area contributed by atoms with Gasteiger partial charge in [0.15, 0.2) is 0 Å². The zero-order valence-electron chi connectivity index (χ0n) is 11.7. The predicted octanol–water partition coefficient (Wildman–Crippen LogP) is 2.62. The van der Waals surface area contributed by atoms with Gasteiger partial charge in [-0.25, -0.2) is 12.8 Å². The Labute approximate surface area is 124 Å². The molecule has 0 radical (unpaired) electrons. The fourth-order valence-corrected chi connectivity index (χ4v) is 3.42. The number of rotatable bonds is 5. The van der Waals surface area contributed by atoms with Gasteiger partial charge in [-0.3, -0.25) is 0 Å². The van der Waals surface area contributed by atoms with Gasteiger partial charge in [-0.15, -0.1) is 0 Å². The van der Waals surface area contributed by atoms with Gasteiger partial charge in [0.25, 0.3) is 0 Å². The van der Waals surface area contributed by atoms with Crippen molar-refractivity contribution in [3.63, 3.8) is 0 Å². The monoisotopic (exact) mass is 308 g/mol. The Hall–Kier alpha value is -1.92. The molecule has 4 nitrogen and oxygen atoms in total. The van der Waals surface area contributed by atoms with E-state index in [1.807, 2.05) is 6.07 Å². The molecule has 0 amide bonds. The van der Waals surface area contributed by atoms with Crippen molar-refractivity contribution in [3.8, 4) is 0 Å². The van der Waals surface area contributed by atoms with E-state index in [-0.39, 0.29) is 11.4 Å². The second-order valence-corrected chi connectivity index (χ2v) is 6.52. The summed E-state index contributed by atoms with van der Waals surface area (Å²) in [6, 6.07) is 11.9. The summed E-state index contributed by atoms with van der Waals surface area (Å²) in [7, 11) is -3.67. The van der Waals surface area contributed by atoms with E-state index in [2.05, 4.69) is 0 Å². The molecule has 112 valence electrons. The van der Waals surface area contributed by atoms with Gasteiger partial charge in [0.2, 0.25) is 10.0 Å². The van der Waals surface area contributed by atoms with E-state index >= 15 is 0 Å². The van der Waals surface area contributed by atoms with E-state index in [0.717, 1.165) is 17.7 Å². The molecular formula is C15H17FN2O2S. The number of nitrogens with zero attached hydrogens (tertiary/aromatic N) is 1. The third-order valence-electron chi connectivity index (χ3n) is 3.21. The minimum absolute atomic E-state index is 0.0697. The normalized spacial score (nSPS) is 11.8. The Bertz CT molecular complexity index is 715. The lowest BCUT2D eigenvalue weighted by atomic mass is 10.2. The van der Waals surface area contributed by atoms with Crippen LogP contribution in [0.3, 0.4) is 0 Å². The van der Waals surface area contributed by atoms with Gasteiger partial charge in [0, 0.05) is 18.8 Å². The Morgan fingerprint density at radius 2 is 1.71 bits per heavy atom. The molecule has 0 aliphatic heterocycles. The average molecular weight is 308 g/mol. The van der Waals surface area contributed by atoms with Crippen LogP contribution in [0.4, 0.5) is 10.1 Å². The summed E-state index contributed by atoms with van der Waals surface area (Å²) in [6.45, 7) is 2.23. The molecule has 2 N–H and O–H groups in total. The number of nitrogens with two attached hydrogens (primary N) is 1. The van der Waals surface area contributed by atoms with E-state index in [0.29, 0.717) is 12.2 Å².